The molecular formula is C18H21IN2. The van der Waals surface area contributed by atoms with Crippen LogP contribution in [0, 0.1) is 3.57 Å². The summed E-state index contributed by atoms with van der Waals surface area (Å²) in [5, 5.41) is 8.53. The van der Waals surface area contributed by atoms with Crippen LogP contribution in [0.15, 0.2) is 58.8 Å². The molecule has 0 atom stereocenters. The van der Waals surface area contributed by atoms with Gasteiger partial charge >= 0.3 is 0 Å². The zero-order valence-corrected chi connectivity index (χ0v) is 14.6. The predicted molar refractivity (Wildman–Crippen MR) is 97.6 cm³/mol. The molecule has 0 bridgehead atoms. The zero-order chi connectivity index (χ0) is 14.9. The number of rotatable bonds is 7. The molecule has 2 aromatic rings. The minimum atomic E-state index is 0.888. The molecule has 0 saturated heterocycles. The molecule has 0 radical (unpaired) electrons. The Labute approximate surface area is 140 Å². The molecule has 0 spiro atoms. The number of aryl methyl sites for hydroxylation is 1. The fourth-order valence-corrected chi connectivity index (χ4v) is 2.47. The molecule has 110 valence electrons. The van der Waals surface area contributed by atoms with E-state index in [-0.39, 0.29) is 0 Å². The van der Waals surface area contributed by atoms with Crippen molar-refractivity contribution in [1.29, 1.82) is 0 Å². The van der Waals surface area contributed by atoms with Crippen molar-refractivity contribution in [1.82, 2.24) is 0 Å². The molecule has 2 aromatic carbocycles. The fourth-order valence-electron chi connectivity index (χ4n) is 2.11. The van der Waals surface area contributed by atoms with Crippen molar-refractivity contribution in [2.75, 3.05) is 0 Å². The number of azo groups is 1. The van der Waals surface area contributed by atoms with Gasteiger partial charge in [-0.25, -0.2) is 0 Å². The molecule has 0 amide bonds. The molecule has 21 heavy (non-hydrogen) atoms. The van der Waals surface area contributed by atoms with E-state index in [0.717, 1.165) is 17.8 Å². The van der Waals surface area contributed by atoms with Gasteiger partial charge in [0.1, 0.15) is 0 Å². The van der Waals surface area contributed by atoms with Crippen molar-refractivity contribution >= 4 is 34.0 Å². The summed E-state index contributed by atoms with van der Waals surface area (Å²) in [4.78, 5) is 0. The van der Waals surface area contributed by atoms with E-state index in [1.54, 1.807) is 0 Å². The van der Waals surface area contributed by atoms with E-state index >= 15 is 0 Å². The smallest absolute Gasteiger partial charge is 0.0857 e. The highest BCUT2D eigenvalue weighted by Gasteiger charge is 1.95. The van der Waals surface area contributed by atoms with E-state index in [0.29, 0.717) is 0 Å². The Morgan fingerprint density at radius 3 is 1.90 bits per heavy atom. The molecule has 0 aliphatic carbocycles. The van der Waals surface area contributed by atoms with Crippen molar-refractivity contribution in [3.63, 3.8) is 0 Å². The van der Waals surface area contributed by atoms with Crippen molar-refractivity contribution in [2.45, 2.75) is 39.0 Å². The van der Waals surface area contributed by atoms with Crippen molar-refractivity contribution < 1.29 is 0 Å². The van der Waals surface area contributed by atoms with Crippen LogP contribution in [0.2, 0.25) is 0 Å². The average molecular weight is 392 g/mol. The summed E-state index contributed by atoms with van der Waals surface area (Å²) in [6.07, 6.45) is 6.39. The summed E-state index contributed by atoms with van der Waals surface area (Å²) in [5.74, 6) is 0. The number of unbranched alkanes of at least 4 members (excludes halogenated alkanes) is 3. The van der Waals surface area contributed by atoms with Crippen molar-refractivity contribution in [2.24, 2.45) is 10.2 Å². The molecule has 0 N–H and O–H groups in total. The summed E-state index contributed by atoms with van der Waals surface area (Å²) in [6, 6.07) is 16.4. The fraction of sp³-hybridized carbons (Fsp3) is 0.333. The highest BCUT2D eigenvalue weighted by molar-refractivity contribution is 14.1. The van der Waals surface area contributed by atoms with Crippen LogP contribution >= 0.6 is 22.6 Å². The van der Waals surface area contributed by atoms with E-state index in [2.05, 4.69) is 51.9 Å². The van der Waals surface area contributed by atoms with Crippen LogP contribution in [0.25, 0.3) is 0 Å². The van der Waals surface area contributed by atoms with Gasteiger partial charge in [-0.1, -0.05) is 38.3 Å². The van der Waals surface area contributed by atoms with E-state index in [4.69, 9.17) is 0 Å². The van der Waals surface area contributed by atoms with Gasteiger partial charge in [0.05, 0.1) is 11.4 Å². The zero-order valence-electron chi connectivity index (χ0n) is 12.4. The molecule has 3 heteroatoms. The molecular weight excluding hydrogens is 371 g/mol. The Hall–Kier alpha value is -1.23. The summed E-state index contributed by atoms with van der Waals surface area (Å²) >= 11 is 2.28. The summed E-state index contributed by atoms with van der Waals surface area (Å²) in [6.45, 7) is 2.24. The van der Waals surface area contributed by atoms with Gasteiger partial charge in [-0.2, -0.15) is 10.2 Å². The van der Waals surface area contributed by atoms with Gasteiger partial charge in [0, 0.05) is 3.57 Å². The number of hydrogen-bond donors (Lipinski definition) is 0. The molecule has 0 heterocycles. The van der Waals surface area contributed by atoms with Crippen molar-refractivity contribution in [3.8, 4) is 0 Å². The maximum absolute atomic E-state index is 4.28. The monoisotopic (exact) mass is 392 g/mol. The number of hydrogen-bond acceptors (Lipinski definition) is 2. The highest BCUT2D eigenvalue weighted by Crippen LogP contribution is 2.20. The summed E-state index contributed by atoms with van der Waals surface area (Å²) in [7, 11) is 0. The molecule has 2 rings (SSSR count). The van der Waals surface area contributed by atoms with E-state index < -0.39 is 0 Å². The molecule has 0 fully saturated rings. The lowest BCUT2D eigenvalue weighted by molar-refractivity contribution is 0.667. The maximum atomic E-state index is 4.28. The average Bonchev–Trinajstić information content (AvgIpc) is 2.52. The lowest BCUT2D eigenvalue weighted by Crippen LogP contribution is -1.84. The van der Waals surface area contributed by atoms with E-state index in [1.807, 2.05) is 36.4 Å². The summed E-state index contributed by atoms with van der Waals surface area (Å²) in [5.41, 5.74) is 3.18. The first-order valence-corrected chi connectivity index (χ1v) is 8.62. The Bertz CT molecular complexity index is 559. The predicted octanol–water partition coefficient (Wildman–Crippen LogP) is 6.83. The van der Waals surface area contributed by atoms with Crippen LogP contribution in [0.5, 0.6) is 0 Å². The number of nitrogens with zero attached hydrogens (tertiary/aromatic N) is 2. The van der Waals surface area contributed by atoms with Crippen LogP contribution in [-0.4, -0.2) is 0 Å². The van der Waals surface area contributed by atoms with Gasteiger partial charge < -0.3 is 0 Å². The van der Waals surface area contributed by atoms with Crippen molar-refractivity contribution in [3.05, 3.63) is 57.7 Å². The Morgan fingerprint density at radius 1 is 0.762 bits per heavy atom. The van der Waals surface area contributed by atoms with E-state index in [1.165, 1.54) is 34.8 Å². The van der Waals surface area contributed by atoms with Crippen LogP contribution in [0.4, 0.5) is 11.4 Å². The topological polar surface area (TPSA) is 24.7 Å². The largest absolute Gasteiger partial charge is 0.151 e. The van der Waals surface area contributed by atoms with Gasteiger partial charge in [0.25, 0.3) is 0 Å². The highest BCUT2D eigenvalue weighted by atomic mass is 127. The summed E-state index contributed by atoms with van der Waals surface area (Å²) < 4.78 is 1.21. The first-order chi connectivity index (χ1) is 10.3. The first-order valence-electron chi connectivity index (χ1n) is 7.54. The van der Waals surface area contributed by atoms with Gasteiger partial charge in [-0.15, -0.1) is 0 Å². The van der Waals surface area contributed by atoms with Crippen LogP contribution in [0.1, 0.15) is 38.2 Å². The van der Waals surface area contributed by atoms with Gasteiger partial charge in [-0.3, -0.25) is 0 Å². The Balaban J connectivity index is 1.88. The van der Waals surface area contributed by atoms with E-state index in [9.17, 15) is 0 Å². The molecule has 0 aliphatic rings. The first kappa shape index (κ1) is 16.1. The molecule has 0 aliphatic heterocycles. The normalized spacial score (nSPS) is 11.1. The second kappa shape index (κ2) is 8.93. The second-order valence-corrected chi connectivity index (χ2v) is 6.40. The third kappa shape index (κ3) is 5.96. The Morgan fingerprint density at radius 2 is 1.33 bits per heavy atom. The number of benzene rings is 2. The van der Waals surface area contributed by atoms with Gasteiger partial charge in [0.2, 0.25) is 0 Å². The lowest BCUT2D eigenvalue weighted by atomic mass is 10.1. The Kier molecular flexibility index (Phi) is 6.86. The standard InChI is InChI=1S/C18H21IN2/c1-2-3-4-5-6-15-7-11-17(12-8-15)20-21-18-13-9-16(19)10-14-18/h7-14H,2-6H2,1H3. The van der Waals surface area contributed by atoms with Gasteiger partial charge in [-0.05, 0) is 77.4 Å². The van der Waals surface area contributed by atoms with Crippen LogP contribution < -0.4 is 0 Å². The van der Waals surface area contributed by atoms with Crippen LogP contribution in [-0.2, 0) is 6.42 Å². The minimum Gasteiger partial charge on any atom is -0.151 e. The SMILES string of the molecule is CCCCCCc1ccc(N=Nc2ccc(I)cc2)cc1. The number of halogens is 1. The maximum Gasteiger partial charge on any atom is 0.0857 e. The quantitative estimate of drug-likeness (QED) is 0.280. The molecule has 0 saturated carbocycles. The van der Waals surface area contributed by atoms with Gasteiger partial charge in [0.15, 0.2) is 0 Å². The lowest BCUT2D eigenvalue weighted by Gasteiger charge is -2.01. The third-order valence-electron chi connectivity index (χ3n) is 3.36. The molecule has 0 unspecified atom stereocenters. The molecule has 2 nitrogen and oxygen atoms in total. The van der Waals surface area contributed by atoms with Crippen LogP contribution in [0.3, 0.4) is 0 Å². The molecule has 0 aromatic heterocycles. The second-order valence-electron chi connectivity index (χ2n) is 5.15. The minimum absolute atomic E-state index is 0.888. The third-order valence-corrected chi connectivity index (χ3v) is 4.08.